The number of carboxylic acid groups (broad SMARTS) is 1. The molecular weight excluding hydrogens is 454 g/mol. The quantitative estimate of drug-likeness (QED) is 0.411. The molecule has 30 heavy (non-hydrogen) atoms. The zero-order chi connectivity index (χ0) is 22.1. The molecule has 2 aromatic carbocycles. The first-order valence-corrected chi connectivity index (χ1v) is 10.1. The highest BCUT2D eigenvalue weighted by Crippen LogP contribution is 2.35. The number of ether oxygens (including phenoxy) is 2. The van der Waals surface area contributed by atoms with E-state index < -0.39 is 18.2 Å². The summed E-state index contributed by atoms with van der Waals surface area (Å²) in [6.07, 6.45) is 2.43. The van der Waals surface area contributed by atoms with Gasteiger partial charge in [0.15, 0.2) is 11.5 Å². The molecule has 7 nitrogen and oxygen atoms in total. The second-order valence-corrected chi connectivity index (χ2v) is 7.60. The van der Waals surface area contributed by atoms with Crippen molar-refractivity contribution in [1.29, 1.82) is 0 Å². The molecule has 0 aliphatic heterocycles. The van der Waals surface area contributed by atoms with Crippen molar-refractivity contribution in [2.24, 2.45) is 5.92 Å². The van der Waals surface area contributed by atoms with E-state index in [2.05, 4.69) is 21.2 Å². The normalized spacial score (nSPS) is 12.9. The fourth-order valence-corrected chi connectivity index (χ4v) is 3.15. The molecule has 0 heterocycles. The molecule has 0 bridgehead atoms. The first-order chi connectivity index (χ1) is 14.3. The smallest absolute Gasteiger partial charge is 0.412 e. The van der Waals surface area contributed by atoms with Gasteiger partial charge in [0.1, 0.15) is 6.10 Å². The molecule has 0 aliphatic rings. The summed E-state index contributed by atoms with van der Waals surface area (Å²) in [6, 6.07) is 11.9. The molecule has 0 aliphatic carbocycles. The zero-order valence-corrected chi connectivity index (χ0v) is 18.3. The summed E-state index contributed by atoms with van der Waals surface area (Å²) in [5.41, 5.74) is 1.19. The van der Waals surface area contributed by atoms with Gasteiger partial charge in [-0.15, -0.1) is 0 Å². The Morgan fingerprint density at radius 2 is 1.90 bits per heavy atom. The van der Waals surface area contributed by atoms with Crippen LogP contribution in [0.5, 0.6) is 11.5 Å². The highest BCUT2D eigenvalue weighted by Gasteiger charge is 2.24. The number of benzene rings is 2. The van der Waals surface area contributed by atoms with Crippen LogP contribution in [0.1, 0.15) is 31.4 Å². The lowest BCUT2D eigenvalue weighted by Gasteiger charge is -2.25. The van der Waals surface area contributed by atoms with E-state index in [0.717, 1.165) is 10.5 Å². The Morgan fingerprint density at radius 3 is 2.50 bits per heavy atom. The number of aromatic hydroxyl groups is 1. The van der Waals surface area contributed by atoms with E-state index in [1.165, 1.54) is 13.2 Å². The third-order valence-electron chi connectivity index (χ3n) is 4.42. The van der Waals surface area contributed by atoms with Crippen LogP contribution in [0.4, 0.5) is 10.5 Å². The van der Waals surface area contributed by atoms with E-state index in [-0.39, 0.29) is 11.7 Å². The first kappa shape index (κ1) is 23.3. The Kier molecular flexibility index (Phi) is 8.73. The van der Waals surface area contributed by atoms with Gasteiger partial charge in [-0.05, 0) is 60.7 Å². The average molecular weight is 478 g/mol. The minimum absolute atomic E-state index is 0.0603. The topological polar surface area (TPSA) is 105 Å². The molecule has 0 spiro atoms. The van der Waals surface area contributed by atoms with Gasteiger partial charge in [0, 0.05) is 16.2 Å². The Bertz CT molecular complexity index is 897. The van der Waals surface area contributed by atoms with Crippen molar-refractivity contribution in [3.05, 3.63) is 64.7 Å². The van der Waals surface area contributed by atoms with Crippen LogP contribution >= 0.6 is 15.9 Å². The van der Waals surface area contributed by atoms with Crippen molar-refractivity contribution >= 4 is 33.7 Å². The lowest BCUT2D eigenvalue weighted by molar-refractivity contribution is -0.131. The van der Waals surface area contributed by atoms with Crippen molar-refractivity contribution in [3.8, 4) is 11.5 Å². The number of aliphatic carboxylic acids is 1. The van der Waals surface area contributed by atoms with Crippen LogP contribution in [0.3, 0.4) is 0 Å². The van der Waals surface area contributed by atoms with E-state index in [1.807, 2.05) is 6.92 Å². The minimum Gasteiger partial charge on any atom is -0.504 e. The Morgan fingerprint density at radius 1 is 1.20 bits per heavy atom. The molecule has 0 saturated carbocycles. The van der Waals surface area contributed by atoms with Gasteiger partial charge < -0.3 is 19.7 Å². The van der Waals surface area contributed by atoms with Gasteiger partial charge in [-0.1, -0.05) is 35.0 Å². The maximum atomic E-state index is 12.5. The molecule has 0 radical (unpaired) electrons. The number of carboxylic acids is 1. The maximum absolute atomic E-state index is 12.5. The monoisotopic (exact) mass is 477 g/mol. The summed E-state index contributed by atoms with van der Waals surface area (Å²) in [5, 5.41) is 21.5. The molecule has 0 aromatic heterocycles. The molecule has 2 rings (SSSR count). The van der Waals surface area contributed by atoms with Crippen LogP contribution in [0.15, 0.2) is 59.1 Å². The highest BCUT2D eigenvalue weighted by atomic mass is 79.9. The molecule has 160 valence electrons. The summed E-state index contributed by atoms with van der Waals surface area (Å²) < 4.78 is 11.6. The number of hydrogen-bond donors (Lipinski definition) is 3. The maximum Gasteiger partial charge on any atom is 0.412 e. The number of anilines is 1. The van der Waals surface area contributed by atoms with Crippen molar-refractivity contribution in [1.82, 2.24) is 0 Å². The molecular formula is C22H24BrNO6. The molecule has 8 heteroatoms. The zero-order valence-electron chi connectivity index (χ0n) is 16.7. The van der Waals surface area contributed by atoms with Gasteiger partial charge in [-0.2, -0.15) is 0 Å². The van der Waals surface area contributed by atoms with Gasteiger partial charge in [0.25, 0.3) is 0 Å². The summed E-state index contributed by atoms with van der Waals surface area (Å²) in [4.78, 5) is 23.1. The number of nitrogens with one attached hydrogen (secondary N) is 1. The number of methoxy groups -OCH3 is 1. The second kappa shape index (κ2) is 11.3. The van der Waals surface area contributed by atoms with E-state index in [9.17, 15) is 14.7 Å². The standard InChI is InChI=1S/C22H24BrNO6/c1-14(5-3-4-6-20(26)27)21(15-7-12-19(29-2)18(25)13-15)30-22(28)24-17-10-8-16(23)9-11-17/h4,6-14,21,25H,3,5H2,1-2H3,(H,24,28)(H,26,27)/b6-4+/t14-,21-/m1/s1. The lowest BCUT2D eigenvalue weighted by atomic mass is 9.92. The van der Waals surface area contributed by atoms with Crippen molar-refractivity contribution < 1.29 is 29.3 Å². The molecule has 0 unspecified atom stereocenters. The third-order valence-corrected chi connectivity index (χ3v) is 4.95. The van der Waals surface area contributed by atoms with E-state index in [0.29, 0.717) is 29.8 Å². The average Bonchev–Trinajstić information content (AvgIpc) is 2.70. The van der Waals surface area contributed by atoms with Gasteiger partial charge in [-0.25, -0.2) is 9.59 Å². The SMILES string of the molecule is COc1ccc([C@H](OC(=O)Nc2ccc(Br)cc2)[C@H](C)CC/C=C/C(=O)O)cc1O. The molecule has 0 saturated heterocycles. The molecule has 2 atom stereocenters. The summed E-state index contributed by atoms with van der Waals surface area (Å²) >= 11 is 3.34. The summed E-state index contributed by atoms with van der Waals surface area (Å²) in [5.74, 6) is -0.903. The predicted molar refractivity (Wildman–Crippen MR) is 117 cm³/mol. The van der Waals surface area contributed by atoms with E-state index >= 15 is 0 Å². The fraction of sp³-hybridized carbons (Fsp3) is 0.273. The number of carbonyl (C=O) groups excluding carboxylic acids is 1. The fourth-order valence-electron chi connectivity index (χ4n) is 2.89. The van der Waals surface area contributed by atoms with Crippen LogP contribution in [-0.2, 0) is 9.53 Å². The number of carbonyl (C=O) groups is 2. The van der Waals surface area contributed by atoms with Crippen LogP contribution in [-0.4, -0.2) is 29.4 Å². The number of hydrogen-bond acceptors (Lipinski definition) is 5. The van der Waals surface area contributed by atoms with Crippen molar-refractivity contribution in [2.45, 2.75) is 25.9 Å². The van der Waals surface area contributed by atoms with Crippen LogP contribution in [0.25, 0.3) is 0 Å². The van der Waals surface area contributed by atoms with Crippen LogP contribution < -0.4 is 10.1 Å². The van der Waals surface area contributed by atoms with Gasteiger partial charge in [-0.3, -0.25) is 5.32 Å². The molecule has 3 N–H and O–H groups in total. The second-order valence-electron chi connectivity index (χ2n) is 6.68. The first-order valence-electron chi connectivity index (χ1n) is 9.29. The largest absolute Gasteiger partial charge is 0.504 e. The van der Waals surface area contributed by atoms with Gasteiger partial charge >= 0.3 is 12.1 Å². The van der Waals surface area contributed by atoms with E-state index in [1.54, 1.807) is 42.5 Å². The summed E-state index contributed by atoms with van der Waals surface area (Å²) in [7, 11) is 1.45. The molecule has 2 aromatic rings. The number of rotatable bonds is 9. The Hall–Kier alpha value is -3.00. The molecule has 1 amide bonds. The number of allylic oxidation sites excluding steroid dienone is 1. The lowest BCUT2D eigenvalue weighted by Crippen LogP contribution is -2.22. The van der Waals surface area contributed by atoms with Crippen LogP contribution in [0.2, 0.25) is 0 Å². The number of amides is 1. The number of halogens is 1. The number of phenols is 1. The minimum atomic E-state index is -1.01. The van der Waals surface area contributed by atoms with Crippen LogP contribution in [0, 0.1) is 5.92 Å². The number of phenolic OH excluding ortho intramolecular Hbond substituents is 1. The highest BCUT2D eigenvalue weighted by molar-refractivity contribution is 9.10. The van der Waals surface area contributed by atoms with E-state index in [4.69, 9.17) is 14.6 Å². The third kappa shape index (κ3) is 7.11. The van der Waals surface area contributed by atoms with Crippen molar-refractivity contribution in [2.75, 3.05) is 12.4 Å². The Labute approximate surface area is 183 Å². The predicted octanol–water partition coefficient (Wildman–Crippen LogP) is 5.51. The summed E-state index contributed by atoms with van der Waals surface area (Å²) in [6.45, 7) is 1.90. The van der Waals surface area contributed by atoms with Gasteiger partial charge in [0.05, 0.1) is 7.11 Å². The van der Waals surface area contributed by atoms with Gasteiger partial charge in [0.2, 0.25) is 0 Å². The van der Waals surface area contributed by atoms with Crippen molar-refractivity contribution in [3.63, 3.8) is 0 Å². The Balaban J connectivity index is 2.16. The molecule has 0 fully saturated rings.